The molecule has 0 bridgehead atoms. The van der Waals surface area contributed by atoms with Crippen LogP contribution in [0.25, 0.3) is 0 Å². The molecular formula is C7H16N2O2. The Morgan fingerprint density at radius 3 is 2.09 bits per heavy atom. The molecule has 11 heavy (non-hydrogen) atoms. The van der Waals surface area contributed by atoms with Gasteiger partial charge in [0.2, 0.25) is 0 Å². The summed E-state index contributed by atoms with van der Waals surface area (Å²) < 4.78 is 0. The second kappa shape index (κ2) is 2.22. The first-order valence-corrected chi connectivity index (χ1v) is 3.52. The Bertz CT molecular complexity index is 213. The van der Waals surface area contributed by atoms with E-state index in [1.165, 1.54) is 0 Å². The average Bonchev–Trinajstić information content (AvgIpc) is 2.08. The van der Waals surface area contributed by atoms with Crippen LogP contribution in [0.1, 0.15) is 23.6 Å². The molecule has 0 saturated carbocycles. The summed E-state index contributed by atoms with van der Waals surface area (Å²) in [6, 6.07) is -0.787. The van der Waals surface area contributed by atoms with Gasteiger partial charge >= 0.3 is 6.03 Å². The van der Waals surface area contributed by atoms with Gasteiger partial charge in [0.25, 0.3) is 5.91 Å². The highest BCUT2D eigenvalue weighted by Crippen LogP contribution is 2.20. The molecule has 0 spiro atoms. The molecule has 1 unspecified atom stereocenters. The fraction of sp³-hybridized carbons (Fsp3) is 0.714. The van der Waals surface area contributed by atoms with Crippen LogP contribution in [0.2, 0.25) is 0 Å². The lowest BCUT2D eigenvalue weighted by Crippen LogP contribution is -2.41. The van der Waals surface area contributed by atoms with Gasteiger partial charge in [-0.3, -0.25) is 10.1 Å². The van der Waals surface area contributed by atoms with Crippen LogP contribution in [0, 0.1) is 5.41 Å². The summed E-state index contributed by atoms with van der Waals surface area (Å²) >= 11 is 0. The van der Waals surface area contributed by atoms with E-state index in [1.54, 1.807) is 0 Å². The number of hydrogen-bond donors (Lipinski definition) is 2. The van der Waals surface area contributed by atoms with Gasteiger partial charge in [-0.05, 0) is 5.41 Å². The van der Waals surface area contributed by atoms with E-state index in [4.69, 9.17) is 0 Å². The summed E-state index contributed by atoms with van der Waals surface area (Å²) in [6.07, 6.45) is 0. The first-order chi connectivity index (χ1) is 4.91. The molecule has 0 aromatic heterocycles. The molecule has 1 aliphatic rings. The minimum absolute atomic E-state index is 0. The summed E-state index contributed by atoms with van der Waals surface area (Å²) in [5, 5.41) is 4.73. The van der Waals surface area contributed by atoms with Gasteiger partial charge < -0.3 is 5.32 Å². The van der Waals surface area contributed by atoms with Crippen LogP contribution < -0.4 is 10.6 Å². The van der Waals surface area contributed by atoms with Crippen molar-refractivity contribution in [2.24, 2.45) is 5.41 Å². The maximum Gasteiger partial charge on any atom is 0.322 e. The highest BCUT2D eigenvalue weighted by molar-refractivity contribution is 6.04. The molecule has 1 atom stereocenters. The van der Waals surface area contributed by atoms with E-state index >= 15 is 0 Å². The molecule has 1 rings (SSSR count). The van der Waals surface area contributed by atoms with Gasteiger partial charge in [0.1, 0.15) is 6.04 Å². The van der Waals surface area contributed by atoms with Gasteiger partial charge in [0.05, 0.1) is 0 Å². The third-order valence-corrected chi connectivity index (χ3v) is 1.64. The normalized spacial score (nSPS) is 24.8. The molecule has 66 valence electrons. The van der Waals surface area contributed by atoms with E-state index in [-0.39, 0.29) is 14.2 Å². The molecule has 4 heteroatoms. The number of amides is 3. The second-order valence-electron chi connectivity index (χ2n) is 3.76. The van der Waals surface area contributed by atoms with Crippen molar-refractivity contribution in [1.82, 2.24) is 10.6 Å². The molecule has 1 aliphatic heterocycles. The number of carbonyl (C=O) groups excluding carboxylic acids is 2. The van der Waals surface area contributed by atoms with Crippen LogP contribution in [0.3, 0.4) is 0 Å². The third-order valence-electron chi connectivity index (χ3n) is 1.64. The molecule has 0 aliphatic carbocycles. The second-order valence-corrected chi connectivity index (χ2v) is 3.76. The van der Waals surface area contributed by atoms with E-state index in [0.717, 1.165) is 0 Å². The molecule has 1 saturated heterocycles. The Kier molecular flexibility index (Phi) is 1.62. The van der Waals surface area contributed by atoms with E-state index in [0.29, 0.717) is 0 Å². The Morgan fingerprint density at radius 1 is 1.36 bits per heavy atom. The van der Waals surface area contributed by atoms with E-state index < -0.39 is 12.1 Å². The zero-order valence-corrected chi connectivity index (χ0v) is 6.89. The van der Waals surface area contributed by atoms with Crippen LogP contribution in [0.4, 0.5) is 4.79 Å². The van der Waals surface area contributed by atoms with Gasteiger partial charge in [0, 0.05) is 2.85 Å². The molecule has 4 nitrogen and oxygen atoms in total. The smallest absolute Gasteiger partial charge is 0.322 e. The van der Waals surface area contributed by atoms with Gasteiger partial charge in [-0.25, -0.2) is 4.79 Å². The Morgan fingerprint density at radius 2 is 1.91 bits per heavy atom. The van der Waals surface area contributed by atoms with Crippen LogP contribution in [-0.2, 0) is 4.79 Å². The van der Waals surface area contributed by atoms with Crippen molar-refractivity contribution in [3.63, 3.8) is 0 Å². The average molecular weight is 160 g/mol. The van der Waals surface area contributed by atoms with Gasteiger partial charge in [0.15, 0.2) is 0 Å². The Hall–Kier alpha value is -1.06. The van der Waals surface area contributed by atoms with E-state index in [2.05, 4.69) is 10.6 Å². The summed E-state index contributed by atoms with van der Waals surface area (Å²) in [6.45, 7) is 5.72. The fourth-order valence-corrected chi connectivity index (χ4v) is 1.03. The van der Waals surface area contributed by atoms with Crippen LogP contribution in [-0.4, -0.2) is 18.0 Å². The summed E-state index contributed by atoms with van der Waals surface area (Å²) in [7, 11) is 0. The molecule has 1 heterocycles. The lowest BCUT2D eigenvalue weighted by atomic mass is 9.87. The maximum atomic E-state index is 11.0. The standard InChI is InChI=1S/C7H12N2O2.2H2/c1-7(2,3)4-5(10)9-6(11)8-4;;/h4H,1-3H3,(H2,8,9,10,11);2*1H. The summed E-state index contributed by atoms with van der Waals surface area (Å²) in [5.74, 6) is -0.234. The number of urea groups is 1. The molecule has 0 aromatic rings. The Labute approximate surface area is 68.3 Å². The zero-order valence-electron chi connectivity index (χ0n) is 6.89. The van der Waals surface area contributed by atoms with Gasteiger partial charge in [-0.1, -0.05) is 20.8 Å². The highest BCUT2D eigenvalue weighted by atomic mass is 16.2. The van der Waals surface area contributed by atoms with Crippen molar-refractivity contribution >= 4 is 11.9 Å². The van der Waals surface area contributed by atoms with Crippen LogP contribution in [0.15, 0.2) is 0 Å². The molecule has 1 fully saturated rings. The molecule has 0 aromatic carbocycles. The van der Waals surface area contributed by atoms with Crippen molar-refractivity contribution in [3.8, 4) is 0 Å². The van der Waals surface area contributed by atoms with Crippen molar-refractivity contribution in [2.45, 2.75) is 26.8 Å². The predicted octanol–water partition coefficient (Wildman–Crippen LogP) is 0.733. The summed E-state index contributed by atoms with van der Waals surface area (Å²) in [5.41, 5.74) is -0.212. The Balaban J connectivity index is 0. The number of imide groups is 1. The number of nitrogens with one attached hydrogen (secondary N) is 2. The maximum absolute atomic E-state index is 11.0. The first-order valence-electron chi connectivity index (χ1n) is 3.52. The third kappa shape index (κ3) is 1.50. The minimum Gasteiger partial charge on any atom is -0.325 e. The summed E-state index contributed by atoms with van der Waals surface area (Å²) in [4.78, 5) is 21.7. The lowest BCUT2D eigenvalue weighted by molar-refractivity contribution is -0.122. The minimum atomic E-state index is -0.394. The molecule has 0 radical (unpaired) electrons. The van der Waals surface area contributed by atoms with Crippen molar-refractivity contribution in [2.75, 3.05) is 0 Å². The topological polar surface area (TPSA) is 58.2 Å². The quantitative estimate of drug-likeness (QED) is 0.513. The van der Waals surface area contributed by atoms with Crippen molar-refractivity contribution < 1.29 is 12.4 Å². The van der Waals surface area contributed by atoms with Crippen molar-refractivity contribution in [1.29, 1.82) is 0 Å². The predicted molar refractivity (Wildman–Crippen MR) is 44.1 cm³/mol. The largest absolute Gasteiger partial charge is 0.325 e. The number of rotatable bonds is 0. The number of hydrogen-bond acceptors (Lipinski definition) is 2. The lowest BCUT2D eigenvalue weighted by Gasteiger charge is -2.23. The number of carbonyl (C=O) groups is 2. The first kappa shape index (κ1) is 8.04. The molecular weight excluding hydrogens is 144 g/mol. The van der Waals surface area contributed by atoms with E-state index in [9.17, 15) is 9.59 Å². The SMILES string of the molecule is CC(C)(C)C1NC(=O)NC1=O.[HH].[HH]. The monoisotopic (exact) mass is 160 g/mol. The molecule has 3 amide bonds. The highest BCUT2D eigenvalue weighted by Gasteiger charge is 2.38. The van der Waals surface area contributed by atoms with Gasteiger partial charge in [-0.15, -0.1) is 0 Å². The van der Waals surface area contributed by atoms with E-state index in [1.807, 2.05) is 20.8 Å². The van der Waals surface area contributed by atoms with Gasteiger partial charge in [-0.2, -0.15) is 0 Å². The fourth-order valence-electron chi connectivity index (χ4n) is 1.03. The molecule has 2 N–H and O–H groups in total. The van der Waals surface area contributed by atoms with Crippen molar-refractivity contribution in [3.05, 3.63) is 0 Å². The zero-order chi connectivity index (χ0) is 8.65. The van der Waals surface area contributed by atoms with Crippen LogP contribution in [0.5, 0.6) is 0 Å². The van der Waals surface area contributed by atoms with Crippen LogP contribution >= 0.6 is 0 Å².